The number of hydrogen-bond donors (Lipinski definition) is 0. The molecule has 134 valence electrons. The lowest BCUT2D eigenvalue weighted by Gasteiger charge is -2.32. The summed E-state index contributed by atoms with van der Waals surface area (Å²) in [6, 6.07) is 0. The summed E-state index contributed by atoms with van der Waals surface area (Å²) in [5.41, 5.74) is 0.863. The van der Waals surface area contributed by atoms with Crippen LogP contribution in [0.1, 0.15) is 118 Å². The summed E-state index contributed by atoms with van der Waals surface area (Å²) in [7, 11) is 3.25. The summed E-state index contributed by atoms with van der Waals surface area (Å²) in [5, 5.41) is 0. The third kappa shape index (κ3) is 11.0. The van der Waals surface area contributed by atoms with Crippen molar-refractivity contribution in [3.63, 3.8) is 0 Å². The molecule has 0 nitrogen and oxygen atoms in total. The van der Waals surface area contributed by atoms with Crippen LogP contribution in [0.3, 0.4) is 0 Å². The van der Waals surface area contributed by atoms with Gasteiger partial charge in [-0.1, -0.05) is 105 Å². The first-order chi connectivity index (χ1) is 10.7. The van der Waals surface area contributed by atoms with Crippen molar-refractivity contribution in [2.24, 2.45) is 11.8 Å². The summed E-state index contributed by atoms with van der Waals surface area (Å²) < 4.78 is 0. The standard InChI is InChI=1S/C21H45P/c1-5-9-12-14-18-21(22)20(17-13-10-6-2)19(15-8-4)16-11-7-3/h19-21H,5-18,22H2,1-4H3. The van der Waals surface area contributed by atoms with Gasteiger partial charge in [0.2, 0.25) is 0 Å². The van der Waals surface area contributed by atoms with E-state index in [1.807, 2.05) is 0 Å². The number of unbranched alkanes of at least 4 members (excludes halogenated alkanes) is 6. The molecule has 0 bridgehead atoms. The summed E-state index contributed by atoms with van der Waals surface area (Å²) in [6.45, 7) is 9.37. The Morgan fingerprint density at radius 1 is 0.545 bits per heavy atom. The van der Waals surface area contributed by atoms with Crippen LogP contribution in [0.2, 0.25) is 0 Å². The summed E-state index contributed by atoms with van der Waals surface area (Å²) in [6.07, 6.45) is 19.9. The van der Waals surface area contributed by atoms with Crippen LogP contribution >= 0.6 is 9.24 Å². The molecule has 0 aliphatic rings. The number of hydrogen-bond acceptors (Lipinski definition) is 0. The molecular weight excluding hydrogens is 283 g/mol. The minimum atomic E-state index is 0.863. The van der Waals surface area contributed by atoms with Crippen LogP contribution in [0.5, 0.6) is 0 Å². The smallest absolute Gasteiger partial charge is 0.0233 e. The minimum absolute atomic E-state index is 0.863. The molecule has 0 aromatic rings. The average molecular weight is 329 g/mol. The van der Waals surface area contributed by atoms with Crippen molar-refractivity contribution in [3.8, 4) is 0 Å². The van der Waals surface area contributed by atoms with Crippen LogP contribution in [0.4, 0.5) is 0 Å². The molecule has 4 atom stereocenters. The van der Waals surface area contributed by atoms with E-state index >= 15 is 0 Å². The van der Waals surface area contributed by atoms with Gasteiger partial charge in [-0.3, -0.25) is 0 Å². The molecule has 1 heteroatoms. The van der Waals surface area contributed by atoms with E-state index in [4.69, 9.17) is 0 Å². The second-order valence-corrected chi connectivity index (χ2v) is 8.22. The van der Waals surface area contributed by atoms with Crippen LogP contribution in [-0.4, -0.2) is 5.66 Å². The van der Waals surface area contributed by atoms with Gasteiger partial charge in [-0.25, -0.2) is 0 Å². The van der Waals surface area contributed by atoms with Gasteiger partial charge < -0.3 is 0 Å². The molecule has 0 heterocycles. The molecule has 0 fully saturated rings. The molecule has 0 spiro atoms. The Kier molecular flexibility index (Phi) is 16.6. The van der Waals surface area contributed by atoms with Crippen LogP contribution in [0.25, 0.3) is 0 Å². The Hall–Kier alpha value is 0.430. The molecule has 0 saturated carbocycles. The SMILES string of the molecule is CCCCCCC(P)C(CCCCC)C(CCC)CCCC. The molecule has 0 aliphatic carbocycles. The van der Waals surface area contributed by atoms with Gasteiger partial charge in [-0.05, 0) is 30.3 Å². The van der Waals surface area contributed by atoms with Gasteiger partial charge in [-0.2, -0.15) is 0 Å². The maximum Gasteiger partial charge on any atom is -0.0233 e. The zero-order chi connectivity index (χ0) is 16.6. The van der Waals surface area contributed by atoms with Gasteiger partial charge in [0, 0.05) is 0 Å². The molecule has 0 saturated heterocycles. The van der Waals surface area contributed by atoms with Gasteiger partial charge in [0.25, 0.3) is 0 Å². The van der Waals surface area contributed by atoms with Crippen molar-refractivity contribution >= 4 is 9.24 Å². The highest BCUT2D eigenvalue weighted by Crippen LogP contribution is 2.36. The van der Waals surface area contributed by atoms with E-state index in [2.05, 4.69) is 36.9 Å². The first kappa shape index (κ1) is 22.4. The highest BCUT2D eigenvalue weighted by Gasteiger charge is 2.25. The van der Waals surface area contributed by atoms with Crippen LogP contribution < -0.4 is 0 Å². The minimum Gasteiger partial charge on any atom is -0.134 e. The predicted molar refractivity (Wildman–Crippen MR) is 108 cm³/mol. The third-order valence-corrected chi connectivity index (χ3v) is 6.10. The van der Waals surface area contributed by atoms with Gasteiger partial charge in [0.05, 0.1) is 0 Å². The van der Waals surface area contributed by atoms with E-state index in [-0.39, 0.29) is 0 Å². The van der Waals surface area contributed by atoms with E-state index < -0.39 is 0 Å². The van der Waals surface area contributed by atoms with E-state index in [0.717, 1.165) is 17.5 Å². The molecule has 0 aliphatic heterocycles. The Morgan fingerprint density at radius 2 is 1.14 bits per heavy atom. The molecule has 0 N–H and O–H groups in total. The van der Waals surface area contributed by atoms with Crippen molar-refractivity contribution in [1.82, 2.24) is 0 Å². The third-order valence-electron chi connectivity index (χ3n) is 5.28. The molecule has 0 amide bonds. The Bertz CT molecular complexity index is 214. The second kappa shape index (κ2) is 16.3. The second-order valence-electron chi connectivity index (χ2n) is 7.36. The van der Waals surface area contributed by atoms with Crippen LogP contribution in [0, 0.1) is 11.8 Å². The highest BCUT2D eigenvalue weighted by molar-refractivity contribution is 7.17. The maximum absolute atomic E-state index is 3.25. The summed E-state index contributed by atoms with van der Waals surface area (Å²) in [4.78, 5) is 0. The van der Waals surface area contributed by atoms with Gasteiger partial charge in [-0.15, -0.1) is 9.24 Å². The van der Waals surface area contributed by atoms with Crippen molar-refractivity contribution in [2.45, 2.75) is 123 Å². The quantitative estimate of drug-likeness (QED) is 0.199. The van der Waals surface area contributed by atoms with Crippen molar-refractivity contribution in [3.05, 3.63) is 0 Å². The first-order valence-electron chi connectivity index (χ1n) is 10.5. The lowest BCUT2D eigenvalue weighted by Crippen LogP contribution is -2.24. The topological polar surface area (TPSA) is 0 Å². The molecule has 4 unspecified atom stereocenters. The Morgan fingerprint density at radius 3 is 1.73 bits per heavy atom. The van der Waals surface area contributed by atoms with Gasteiger partial charge in [0.15, 0.2) is 0 Å². The van der Waals surface area contributed by atoms with Crippen molar-refractivity contribution < 1.29 is 0 Å². The first-order valence-corrected chi connectivity index (χ1v) is 11.1. The average Bonchev–Trinajstić information content (AvgIpc) is 2.52. The van der Waals surface area contributed by atoms with Gasteiger partial charge in [0.1, 0.15) is 0 Å². The van der Waals surface area contributed by atoms with E-state index in [1.54, 1.807) is 0 Å². The van der Waals surface area contributed by atoms with Crippen molar-refractivity contribution in [2.75, 3.05) is 0 Å². The zero-order valence-corrected chi connectivity index (χ0v) is 17.4. The van der Waals surface area contributed by atoms with E-state index in [1.165, 1.54) is 89.9 Å². The highest BCUT2D eigenvalue weighted by atomic mass is 31.0. The normalized spacial score (nSPS) is 15.7. The largest absolute Gasteiger partial charge is 0.134 e. The maximum atomic E-state index is 3.25. The fraction of sp³-hybridized carbons (Fsp3) is 1.00. The van der Waals surface area contributed by atoms with Crippen LogP contribution in [-0.2, 0) is 0 Å². The molecular formula is C21H45P. The predicted octanol–water partition coefficient (Wildman–Crippen LogP) is 8.00. The van der Waals surface area contributed by atoms with Crippen LogP contribution in [0.15, 0.2) is 0 Å². The van der Waals surface area contributed by atoms with Crippen molar-refractivity contribution in [1.29, 1.82) is 0 Å². The van der Waals surface area contributed by atoms with Gasteiger partial charge >= 0.3 is 0 Å². The Balaban J connectivity index is 4.51. The fourth-order valence-corrected chi connectivity index (χ4v) is 4.60. The summed E-state index contributed by atoms with van der Waals surface area (Å²) in [5.74, 6) is 1.94. The lowest BCUT2D eigenvalue weighted by molar-refractivity contribution is 0.249. The molecule has 0 aromatic heterocycles. The molecule has 22 heavy (non-hydrogen) atoms. The molecule has 0 rings (SSSR count). The fourth-order valence-electron chi connectivity index (χ4n) is 3.86. The number of rotatable bonds is 16. The zero-order valence-electron chi connectivity index (χ0n) is 16.2. The monoisotopic (exact) mass is 328 g/mol. The molecule has 0 aromatic carbocycles. The molecule has 0 radical (unpaired) electrons. The Labute approximate surface area is 144 Å². The lowest BCUT2D eigenvalue weighted by atomic mass is 9.78. The van der Waals surface area contributed by atoms with E-state index in [0.29, 0.717) is 0 Å². The summed E-state index contributed by atoms with van der Waals surface area (Å²) >= 11 is 0. The van der Waals surface area contributed by atoms with E-state index in [9.17, 15) is 0 Å².